The molecule has 1 aliphatic rings. The number of hydrogen-bond acceptors (Lipinski definition) is 3. The first-order valence-electron chi connectivity index (χ1n) is 5.91. The number of piperidine rings is 1. The number of likely N-dealkylation sites (tertiary alicyclic amines) is 1. The highest BCUT2D eigenvalue weighted by Gasteiger charge is 2.33. The summed E-state index contributed by atoms with van der Waals surface area (Å²) < 4.78 is 0. The number of nitrogens with zero attached hydrogens (tertiary/aromatic N) is 2. The van der Waals surface area contributed by atoms with Crippen LogP contribution in [0, 0.1) is 0 Å². The number of hydrogen-bond donors (Lipinski definition) is 1. The molecular formula is C13H20N2O. The molecule has 2 heterocycles. The standard InChI is InChI=1S/C13H20N2O/c1-13(2)9-12(16)6-8-15(13)10-11-5-3-4-7-14-11/h3-5,7,12,16H,6,8-10H2,1-2H3. The molecule has 1 fully saturated rings. The van der Waals surface area contributed by atoms with Crippen molar-refractivity contribution in [1.82, 2.24) is 9.88 Å². The number of rotatable bonds is 2. The molecule has 0 aromatic carbocycles. The SMILES string of the molecule is CC1(C)CC(O)CCN1Cc1ccccn1. The average Bonchev–Trinajstić information content (AvgIpc) is 2.23. The highest BCUT2D eigenvalue weighted by molar-refractivity contribution is 5.05. The normalized spacial score (nSPS) is 25.6. The lowest BCUT2D eigenvalue weighted by atomic mass is 9.88. The number of pyridine rings is 1. The molecule has 0 aliphatic carbocycles. The van der Waals surface area contributed by atoms with Gasteiger partial charge >= 0.3 is 0 Å². The number of aliphatic hydroxyl groups is 1. The fourth-order valence-electron chi connectivity index (χ4n) is 2.40. The van der Waals surface area contributed by atoms with E-state index in [9.17, 15) is 5.11 Å². The van der Waals surface area contributed by atoms with Crippen molar-refractivity contribution < 1.29 is 5.11 Å². The Balaban J connectivity index is 2.05. The van der Waals surface area contributed by atoms with Gasteiger partial charge < -0.3 is 5.11 Å². The van der Waals surface area contributed by atoms with Gasteiger partial charge in [0.15, 0.2) is 0 Å². The Labute approximate surface area is 97.1 Å². The molecule has 0 spiro atoms. The second-order valence-corrected chi connectivity index (χ2v) is 5.20. The maximum Gasteiger partial charge on any atom is 0.0569 e. The third kappa shape index (κ3) is 2.60. The predicted molar refractivity (Wildman–Crippen MR) is 64.0 cm³/mol. The van der Waals surface area contributed by atoms with E-state index in [0.717, 1.165) is 31.6 Å². The molecule has 16 heavy (non-hydrogen) atoms. The minimum Gasteiger partial charge on any atom is -0.393 e. The zero-order chi connectivity index (χ0) is 11.6. The van der Waals surface area contributed by atoms with Crippen molar-refractivity contribution in [3.63, 3.8) is 0 Å². The van der Waals surface area contributed by atoms with Gasteiger partial charge in [-0.1, -0.05) is 6.07 Å². The van der Waals surface area contributed by atoms with Crippen molar-refractivity contribution in [2.75, 3.05) is 6.54 Å². The summed E-state index contributed by atoms with van der Waals surface area (Å²) in [5, 5.41) is 9.69. The zero-order valence-corrected chi connectivity index (χ0v) is 10.1. The summed E-state index contributed by atoms with van der Waals surface area (Å²) in [5.41, 5.74) is 1.17. The number of aliphatic hydroxyl groups excluding tert-OH is 1. The van der Waals surface area contributed by atoms with E-state index >= 15 is 0 Å². The van der Waals surface area contributed by atoms with Crippen molar-refractivity contribution in [3.05, 3.63) is 30.1 Å². The molecule has 0 saturated carbocycles. The second kappa shape index (κ2) is 4.52. The van der Waals surface area contributed by atoms with Crippen molar-refractivity contribution in [2.45, 2.75) is 44.9 Å². The first-order chi connectivity index (χ1) is 7.58. The fraction of sp³-hybridized carbons (Fsp3) is 0.615. The Bertz CT molecular complexity index is 337. The van der Waals surface area contributed by atoms with Gasteiger partial charge in [-0.3, -0.25) is 9.88 Å². The van der Waals surface area contributed by atoms with Crippen LogP contribution < -0.4 is 0 Å². The molecule has 0 amide bonds. The van der Waals surface area contributed by atoms with E-state index in [2.05, 4.69) is 29.8 Å². The van der Waals surface area contributed by atoms with Gasteiger partial charge in [-0.25, -0.2) is 0 Å². The molecule has 1 N–H and O–H groups in total. The highest BCUT2D eigenvalue weighted by Crippen LogP contribution is 2.28. The Morgan fingerprint density at radius 2 is 2.31 bits per heavy atom. The van der Waals surface area contributed by atoms with Crippen molar-refractivity contribution in [2.24, 2.45) is 0 Å². The van der Waals surface area contributed by atoms with Crippen molar-refractivity contribution >= 4 is 0 Å². The first-order valence-corrected chi connectivity index (χ1v) is 5.91. The molecule has 3 heteroatoms. The summed E-state index contributed by atoms with van der Waals surface area (Å²) in [6, 6.07) is 6.02. The molecule has 1 atom stereocenters. The molecule has 1 aliphatic heterocycles. The molecule has 3 nitrogen and oxygen atoms in total. The smallest absolute Gasteiger partial charge is 0.0569 e. The quantitative estimate of drug-likeness (QED) is 0.826. The maximum atomic E-state index is 9.69. The molecule has 0 bridgehead atoms. The van der Waals surface area contributed by atoms with E-state index in [1.165, 1.54) is 0 Å². The van der Waals surface area contributed by atoms with Crippen LogP contribution in [0.3, 0.4) is 0 Å². The van der Waals surface area contributed by atoms with Gasteiger partial charge in [-0.15, -0.1) is 0 Å². The summed E-state index contributed by atoms with van der Waals surface area (Å²) in [5.74, 6) is 0. The molecular weight excluding hydrogens is 200 g/mol. The third-order valence-corrected chi connectivity index (χ3v) is 3.40. The topological polar surface area (TPSA) is 36.4 Å². The Kier molecular flexibility index (Phi) is 3.26. The first kappa shape index (κ1) is 11.6. The molecule has 1 saturated heterocycles. The van der Waals surface area contributed by atoms with E-state index < -0.39 is 0 Å². The molecule has 1 aromatic rings. The molecule has 1 unspecified atom stereocenters. The zero-order valence-electron chi connectivity index (χ0n) is 10.1. The van der Waals surface area contributed by atoms with Crippen LogP contribution in [-0.2, 0) is 6.54 Å². The van der Waals surface area contributed by atoms with Gasteiger partial charge in [0, 0.05) is 24.8 Å². The van der Waals surface area contributed by atoms with Crippen LogP contribution in [0.2, 0.25) is 0 Å². The summed E-state index contributed by atoms with van der Waals surface area (Å²) in [6.07, 6.45) is 3.41. The van der Waals surface area contributed by atoms with E-state index in [0.29, 0.717) is 0 Å². The monoisotopic (exact) mass is 220 g/mol. The summed E-state index contributed by atoms with van der Waals surface area (Å²) in [4.78, 5) is 6.76. The lowest BCUT2D eigenvalue weighted by molar-refractivity contribution is -0.00781. The van der Waals surface area contributed by atoms with Crippen LogP contribution in [0.4, 0.5) is 0 Å². The lowest BCUT2D eigenvalue weighted by Crippen LogP contribution is -2.50. The molecule has 0 radical (unpaired) electrons. The van der Waals surface area contributed by atoms with E-state index in [-0.39, 0.29) is 11.6 Å². The highest BCUT2D eigenvalue weighted by atomic mass is 16.3. The summed E-state index contributed by atoms with van der Waals surface area (Å²) in [6.45, 7) is 6.21. The summed E-state index contributed by atoms with van der Waals surface area (Å²) >= 11 is 0. The van der Waals surface area contributed by atoms with Crippen molar-refractivity contribution in [1.29, 1.82) is 0 Å². The van der Waals surface area contributed by atoms with Gasteiger partial charge in [0.05, 0.1) is 11.8 Å². The van der Waals surface area contributed by atoms with Crippen LogP contribution in [0.25, 0.3) is 0 Å². The van der Waals surface area contributed by atoms with Crippen molar-refractivity contribution in [3.8, 4) is 0 Å². The van der Waals surface area contributed by atoms with E-state index in [1.807, 2.05) is 18.3 Å². The number of aromatic nitrogens is 1. The predicted octanol–water partition coefficient (Wildman–Crippen LogP) is 1.82. The Morgan fingerprint density at radius 1 is 1.50 bits per heavy atom. The average molecular weight is 220 g/mol. The molecule has 88 valence electrons. The van der Waals surface area contributed by atoms with Crippen LogP contribution in [0.5, 0.6) is 0 Å². The minimum atomic E-state index is -0.144. The second-order valence-electron chi connectivity index (χ2n) is 5.20. The Hall–Kier alpha value is -0.930. The van der Waals surface area contributed by atoms with Gasteiger partial charge in [0.1, 0.15) is 0 Å². The maximum absolute atomic E-state index is 9.69. The van der Waals surface area contributed by atoms with Gasteiger partial charge in [0.25, 0.3) is 0 Å². The molecule has 2 rings (SSSR count). The fourth-order valence-corrected chi connectivity index (χ4v) is 2.40. The van der Waals surface area contributed by atoms with Gasteiger partial charge in [-0.2, -0.15) is 0 Å². The van der Waals surface area contributed by atoms with E-state index in [4.69, 9.17) is 0 Å². The largest absolute Gasteiger partial charge is 0.393 e. The van der Waals surface area contributed by atoms with Crippen LogP contribution in [-0.4, -0.2) is 33.2 Å². The van der Waals surface area contributed by atoms with E-state index in [1.54, 1.807) is 0 Å². The third-order valence-electron chi connectivity index (χ3n) is 3.40. The lowest BCUT2D eigenvalue weighted by Gasteiger charge is -2.44. The van der Waals surface area contributed by atoms with Crippen LogP contribution in [0.15, 0.2) is 24.4 Å². The van der Waals surface area contributed by atoms with Crippen LogP contribution in [0.1, 0.15) is 32.4 Å². The van der Waals surface area contributed by atoms with Crippen LogP contribution >= 0.6 is 0 Å². The minimum absolute atomic E-state index is 0.0647. The van der Waals surface area contributed by atoms with Gasteiger partial charge in [-0.05, 0) is 38.8 Å². The summed E-state index contributed by atoms with van der Waals surface area (Å²) in [7, 11) is 0. The van der Waals surface area contributed by atoms with Gasteiger partial charge in [0.2, 0.25) is 0 Å². The Morgan fingerprint density at radius 3 is 2.94 bits per heavy atom. The molecule has 1 aromatic heterocycles.